The van der Waals surface area contributed by atoms with Gasteiger partial charge in [-0.1, -0.05) is 60.7 Å². The molecular weight excluding hydrogens is 308 g/mol. The van der Waals surface area contributed by atoms with E-state index in [-0.39, 0.29) is 0 Å². The number of cyclic esters (lactones) is 2. The highest BCUT2D eigenvalue weighted by Gasteiger charge is 2.57. The molecule has 2 saturated heterocycles. The molecule has 0 N–H and O–H groups in total. The van der Waals surface area contributed by atoms with E-state index in [1.165, 1.54) is 10.1 Å². The van der Waals surface area contributed by atoms with E-state index in [0.29, 0.717) is 13.1 Å². The minimum atomic E-state index is -0.735. The largest absolute Gasteiger partial charge is 0.391 e. The van der Waals surface area contributed by atoms with Gasteiger partial charge in [-0.3, -0.25) is 0 Å². The van der Waals surface area contributed by atoms with Gasteiger partial charge in [-0.25, -0.2) is 14.5 Å². The second kappa shape index (κ2) is 6.16. The van der Waals surface area contributed by atoms with Crippen molar-refractivity contribution in [2.24, 2.45) is 0 Å². The summed E-state index contributed by atoms with van der Waals surface area (Å²) in [4.78, 5) is 30.0. The van der Waals surface area contributed by atoms with Crippen LogP contribution in [-0.4, -0.2) is 34.1 Å². The van der Waals surface area contributed by atoms with E-state index < -0.39 is 24.0 Å². The summed E-state index contributed by atoms with van der Waals surface area (Å²) in [5, 5.41) is 3.05. The first kappa shape index (κ1) is 15.0. The average molecular weight is 324 g/mol. The van der Waals surface area contributed by atoms with Gasteiger partial charge in [0.25, 0.3) is 0 Å². The molecule has 0 bridgehead atoms. The standard InChI is InChI=1S/C18H16N2O4/c21-17-15-16(18(22)23-17)20(12-14-9-5-2-6-10-14)24-19(15)11-13-7-3-1-4-8-13/h1-10,15-16H,11-12H2/t15-,16+. The van der Waals surface area contributed by atoms with Gasteiger partial charge in [0, 0.05) is 0 Å². The van der Waals surface area contributed by atoms with Gasteiger partial charge in [0.2, 0.25) is 0 Å². The third-order valence-corrected chi connectivity index (χ3v) is 4.18. The number of ether oxygens (including phenoxy) is 1. The molecule has 0 saturated carbocycles. The fraction of sp³-hybridized carbons (Fsp3) is 0.222. The number of carbonyl (C=O) groups is 2. The number of rotatable bonds is 4. The molecule has 0 unspecified atom stereocenters. The van der Waals surface area contributed by atoms with Crippen molar-refractivity contribution < 1.29 is 19.3 Å². The summed E-state index contributed by atoms with van der Waals surface area (Å²) >= 11 is 0. The monoisotopic (exact) mass is 324 g/mol. The van der Waals surface area contributed by atoms with Crippen molar-refractivity contribution in [3.63, 3.8) is 0 Å². The van der Waals surface area contributed by atoms with E-state index in [9.17, 15) is 9.59 Å². The molecule has 0 radical (unpaired) electrons. The number of benzene rings is 2. The van der Waals surface area contributed by atoms with Crippen molar-refractivity contribution >= 4 is 11.9 Å². The molecule has 2 atom stereocenters. The average Bonchev–Trinajstić information content (AvgIpc) is 3.09. The normalized spacial score (nSPS) is 24.2. The quantitative estimate of drug-likeness (QED) is 0.630. The first-order chi connectivity index (χ1) is 11.7. The molecular formula is C18H16N2O4. The Balaban J connectivity index is 1.58. The highest BCUT2D eigenvalue weighted by molar-refractivity contribution is 6.01. The molecule has 2 aliphatic rings. The van der Waals surface area contributed by atoms with Crippen molar-refractivity contribution in [1.29, 1.82) is 0 Å². The molecule has 0 aliphatic carbocycles. The Hall–Kier alpha value is -2.54. The van der Waals surface area contributed by atoms with E-state index in [1.807, 2.05) is 60.7 Å². The van der Waals surface area contributed by atoms with Gasteiger partial charge in [0.1, 0.15) is 0 Å². The van der Waals surface area contributed by atoms with E-state index >= 15 is 0 Å². The van der Waals surface area contributed by atoms with Gasteiger partial charge in [-0.2, -0.15) is 0 Å². The second-order valence-corrected chi connectivity index (χ2v) is 5.83. The van der Waals surface area contributed by atoms with Crippen molar-refractivity contribution in [1.82, 2.24) is 10.1 Å². The lowest BCUT2D eigenvalue weighted by atomic mass is 10.1. The van der Waals surface area contributed by atoms with Crippen molar-refractivity contribution in [2.45, 2.75) is 25.2 Å². The van der Waals surface area contributed by atoms with Gasteiger partial charge in [-0.15, -0.1) is 10.1 Å². The van der Waals surface area contributed by atoms with Crippen LogP contribution >= 0.6 is 0 Å². The molecule has 4 rings (SSSR count). The van der Waals surface area contributed by atoms with E-state index in [2.05, 4.69) is 0 Å². The highest BCUT2D eigenvalue weighted by atomic mass is 16.9. The molecule has 2 aliphatic heterocycles. The Morgan fingerprint density at radius 1 is 0.708 bits per heavy atom. The Morgan fingerprint density at radius 3 is 1.54 bits per heavy atom. The van der Waals surface area contributed by atoms with Gasteiger partial charge in [0.15, 0.2) is 12.1 Å². The van der Waals surface area contributed by atoms with E-state index in [4.69, 9.17) is 9.68 Å². The van der Waals surface area contributed by atoms with Gasteiger partial charge >= 0.3 is 11.9 Å². The predicted octanol–water partition coefficient (Wildman–Crippen LogP) is 1.67. The van der Waals surface area contributed by atoms with Crippen LogP contribution in [0, 0.1) is 0 Å². The second-order valence-electron chi connectivity index (χ2n) is 5.83. The minimum Gasteiger partial charge on any atom is -0.391 e. The van der Waals surface area contributed by atoms with Crippen LogP contribution in [0.15, 0.2) is 60.7 Å². The Bertz CT molecular complexity index is 687. The van der Waals surface area contributed by atoms with Crippen LogP contribution in [0.4, 0.5) is 0 Å². The topological polar surface area (TPSA) is 59.1 Å². The molecule has 0 amide bonds. The number of hydrogen-bond donors (Lipinski definition) is 0. The summed E-state index contributed by atoms with van der Waals surface area (Å²) in [6, 6.07) is 17.8. The van der Waals surface area contributed by atoms with Crippen LogP contribution in [0.3, 0.4) is 0 Å². The lowest BCUT2D eigenvalue weighted by molar-refractivity contribution is -0.293. The lowest BCUT2D eigenvalue weighted by Crippen LogP contribution is -2.39. The fourth-order valence-corrected chi connectivity index (χ4v) is 3.05. The number of hydrogen-bond acceptors (Lipinski definition) is 6. The maximum atomic E-state index is 12.1. The summed E-state index contributed by atoms with van der Waals surface area (Å²) in [7, 11) is 0. The van der Waals surface area contributed by atoms with Gasteiger partial charge in [-0.05, 0) is 11.1 Å². The SMILES string of the molecule is O=C1OC(=O)[C@H]2[C@@H]1N(Cc1ccccc1)ON2Cc1ccccc1. The molecule has 0 aromatic heterocycles. The lowest BCUT2D eigenvalue weighted by Gasteiger charge is -2.20. The van der Waals surface area contributed by atoms with Crippen LogP contribution < -0.4 is 0 Å². The van der Waals surface area contributed by atoms with Gasteiger partial charge < -0.3 is 4.74 Å². The van der Waals surface area contributed by atoms with Crippen molar-refractivity contribution in [3.05, 3.63) is 71.8 Å². The molecule has 6 nitrogen and oxygen atoms in total. The molecule has 24 heavy (non-hydrogen) atoms. The fourth-order valence-electron chi connectivity index (χ4n) is 3.05. The van der Waals surface area contributed by atoms with Crippen LogP contribution in [-0.2, 0) is 32.4 Å². The molecule has 2 heterocycles. The highest BCUT2D eigenvalue weighted by Crippen LogP contribution is 2.32. The van der Waals surface area contributed by atoms with Crippen LogP contribution in [0.2, 0.25) is 0 Å². The molecule has 122 valence electrons. The van der Waals surface area contributed by atoms with E-state index in [0.717, 1.165) is 11.1 Å². The zero-order chi connectivity index (χ0) is 16.5. The van der Waals surface area contributed by atoms with Crippen LogP contribution in [0.5, 0.6) is 0 Å². The molecule has 2 fully saturated rings. The smallest absolute Gasteiger partial charge is 0.335 e. The van der Waals surface area contributed by atoms with E-state index in [1.54, 1.807) is 0 Å². The summed E-state index contributed by atoms with van der Waals surface area (Å²) in [5.74, 6) is -1.12. The Labute approximate surface area is 139 Å². The van der Waals surface area contributed by atoms with Crippen LogP contribution in [0.1, 0.15) is 11.1 Å². The maximum absolute atomic E-state index is 12.1. The Morgan fingerprint density at radius 2 is 1.12 bits per heavy atom. The summed E-state index contributed by atoms with van der Waals surface area (Å²) in [5.41, 5.74) is 1.98. The third kappa shape index (κ3) is 2.71. The van der Waals surface area contributed by atoms with Crippen LogP contribution in [0.25, 0.3) is 0 Å². The number of hydroxylamine groups is 4. The molecule has 0 spiro atoms. The number of esters is 2. The van der Waals surface area contributed by atoms with Gasteiger partial charge in [0.05, 0.1) is 13.1 Å². The first-order valence-corrected chi connectivity index (χ1v) is 7.77. The summed E-state index contributed by atoms with van der Waals surface area (Å²) < 4.78 is 4.82. The Kier molecular flexibility index (Phi) is 3.86. The maximum Gasteiger partial charge on any atom is 0.335 e. The predicted molar refractivity (Wildman–Crippen MR) is 83.7 cm³/mol. The third-order valence-electron chi connectivity index (χ3n) is 4.18. The number of fused-ring (bicyclic) bond motifs is 1. The molecule has 2 aromatic rings. The van der Waals surface area contributed by atoms with Crippen molar-refractivity contribution in [3.8, 4) is 0 Å². The molecule has 2 aromatic carbocycles. The molecule has 6 heteroatoms. The summed E-state index contributed by atoms with van der Waals surface area (Å²) in [6.45, 7) is 0.797. The zero-order valence-corrected chi connectivity index (χ0v) is 12.9. The van der Waals surface area contributed by atoms with Crippen molar-refractivity contribution in [2.75, 3.05) is 0 Å². The summed E-state index contributed by atoms with van der Waals surface area (Å²) in [6.07, 6.45) is 0. The number of nitrogens with zero attached hydrogens (tertiary/aromatic N) is 2. The number of carbonyl (C=O) groups excluding carboxylic acids is 2. The minimum absolute atomic E-state index is 0.398. The zero-order valence-electron chi connectivity index (χ0n) is 12.9. The first-order valence-electron chi connectivity index (χ1n) is 7.77.